The Morgan fingerprint density at radius 2 is 0.767 bits per heavy atom. The average molecular weight is 1060 g/mol. The van der Waals surface area contributed by atoms with Crippen LogP contribution < -0.4 is 0 Å². The summed E-state index contributed by atoms with van der Waals surface area (Å²) in [6.45, 7) is 24.3. The van der Waals surface area contributed by atoms with E-state index in [2.05, 4.69) is 49.6 Å². The second-order valence-corrected chi connectivity index (χ2v) is 17.4. The van der Waals surface area contributed by atoms with Crippen LogP contribution in [0.25, 0.3) is 53.1 Å². The summed E-state index contributed by atoms with van der Waals surface area (Å²) in [5, 5.41) is 18.4. The van der Waals surface area contributed by atoms with Crippen LogP contribution in [0.4, 0.5) is 18.9 Å². The number of nitro benzene ring substituents is 1. The summed E-state index contributed by atoms with van der Waals surface area (Å²) in [4.78, 5) is 14.5. The molecule has 5 aromatic carbocycles. The summed E-state index contributed by atoms with van der Waals surface area (Å²) in [6, 6.07) is 53.1. The second-order valence-electron chi connectivity index (χ2n) is 13.6. The second kappa shape index (κ2) is 39.0. The first kappa shape index (κ1) is 64.4. The van der Waals surface area contributed by atoms with Crippen LogP contribution in [0.3, 0.4) is 0 Å². The van der Waals surface area contributed by atoms with Crippen molar-refractivity contribution in [3.05, 3.63) is 242 Å². The summed E-state index contributed by atoms with van der Waals surface area (Å²) < 4.78 is 43.3. The molecule has 11 heteroatoms. The quantitative estimate of drug-likeness (QED) is 0.123. The highest BCUT2D eigenvalue weighted by atomic mass is 32.1. The number of benzene rings is 5. The third-order valence-electron chi connectivity index (χ3n) is 8.81. The van der Waals surface area contributed by atoms with Crippen LogP contribution >= 0.6 is 45.3 Å². The van der Waals surface area contributed by atoms with Crippen molar-refractivity contribution in [3.63, 3.8) is 0 Å². The fourth-order valence-electron chi connectivity index (χ4n) is 5.99. The highest BCUT2D eigenvalue weighted by Gasteiger charge is 2.06. The molecule has 0 unspecified atom stereocenters. The van der Waals surface area contributed by atoms with Gasteiger partial charge < -0.3 is 4.42 Å². The monoisotopic (exact) mass is 1060 g/mol. The van der Waals surface area contributed by atoms with Crippen molar-refractivity contribution >= 4 is 51.0 Å². The maximum atomic E-state index is 12.8. The maximum Gasteiger partial charge on any atom is 0.269 e. The Morgan fingerprint density at radius 3 is 1.12 bits per heavy atom. The standard InChI is InChI=1S/C12H12S.C10H6F2S.C10H7FS.C10H7NO2S.C10H8O.5C2H6/c1-9-6-10(2)8-11(7-9)12-4-3-5-13-12;11-8-4-7(5-9(12)6-8)10-2-1-3-13-10;11-9-5-3-8(4-6-9)10-2-1-7-12-10;12-11(13)9-5-3-8(4-6-9)10-2-1-7-14-10;1-2-5-9(6-3-1)10-7-4-8-11-10;5*1-2/h3-8H,1-2H3;1-6H;1-7H;1-7H;1-8H;5*1-2H3. The molecule has 0 aliphatic heterocycles. The van der Waals surface area contributed by atoms with Crippen molar-refractivity contribution in [2.75, 3.05) is 0 Å². The molecular formula is C62H70F3NO3S4. The third kappa shape index (κ3) is 24.1. The number of hydrogen-bond donors (Lipinski definition) is 0. The molecule has 73 heavy (non-hydrogen) atoms. The van der Waals surface area contributed by atoms with E-state index in [1.54, 1.807) is 64.5 Å². The Hall–Kier alpha value is -6.63. The van der Waals surface area contributed by atoms with Gasteiger partial charge in [0, 0.05) is 43.3 Å². The first-order valence-electron chi connectivity index (χ1n) is 24.4. The van der Waals surface area contributed by atoms with Crippen molar-refractivity contribution < 1.29 is 22.5 Å². The van der Waals surface area contributed by atoms with Gasteiger partial charge in [-0.3, -0.25) is 10.1 Å². The van der Waals surface area contributed by atoms with Crippen molar-refractivity contribution in [3.8, 4) is 53.1 Å². The van der Waals surface area contributed by atoms with Gasteiger partial charge >= 0.3 is 0 Å². The number of rotatable bonds is 6. The van der Waals surface area contributed by atoms with Gasteiger partial charge in [0.1, 0.15) is 23.2 Å². The molecule has 0 aliphatic rings. The molecule has 10 aromatic rings. The first-order valence-corrected chi connectivity index (χ1v) is 27.9. The molecule has 0 bridgehead atoms. The molecule has 10 rings (SSSR count). The summed E-state index contributed by atoms with van der Waals surface area (Å²) in [5.41, 5.74) is 7.95. The highest BCUT2D eigenvalue weighted by molar-refractivity contribution is 7.14. The number of aryl methyl sites for hydroxylation is 2. The van der Waals surface area contributed by atoms with Gasteiger partial charge in [-0.25, -0.2) is 13.2 Å². The number of furan rings is 1. The van der Waals surface area contributed by atoms with E-state index in [1.165, 1.54) is 74.2 Å². The number of halogens is 3. The smallest absolute Gasteiger partial charge is 0.269 e. The molecule has 5 aromatic heterocycles. The van der Waals surface area contributed by atoms with Gasteiger partial charge in [0.25, 0.3) is 5.69 Å². The van der Waals surface area contributed by atoms with Crippen molar-refractivity contribution in [2.45, 2.75) is 83.1 Å². The average Bonchev–Trinajstić information content (AvgIpc) is 4.30. The molecule has 4 nitrogen and oxygen atoms in total. The minimum Gasteiger partial charge on any atom is -0.464 e. The molecular weight excluding hydrogens is 992 g/mol. The summed E-state index contributed by atoms with van der Waals surface area (Å²) in [6.07, 6.45) is 1.68. The first-order chi connectivity index (χ1) is 35.6. The molecule has 0 saturated heterocycles. The number of nitro groups is 1. The van der Waals surface area contributed by atoms with Crippen molar-refractivity contribution in [1.82, 2.24) is 0 Å². The molecule has 0 radical (unpaired) electrons. The van der Waals surface area contributed by atoms with Crippen LogP contribution in [-0.2, 0) is 0 Å². The fourth-order valence-corrected chi connectivity index (χ4v) is 8.89. The molecule has 386 valence electrons. The van der Waals surface area contributed by atoms with Gasteiger partial charge in [0.15, 0.2) is 0 Å². The minimum absolute atomic E-state index is 0.130. The Labute approximate surface area is 449 Å². The molecule has 0 saturated carbocycles. The SMILES string of the molecule is CC.CC.CC.CC.CC.Cc1cc(C)cc(-c2cccs2)c1.Fc1cc(F)cc(-c2cccs2)c1.Fc1ccc(-c2cccs2)cc1.O=[N+]([O-])c1ccc(-c2cccs2)cc1.c1ccc(-c2ccco2)cc1. The predicted octanol–water partition coefficient (Wildman–Crippen LogP) is 22.7. The molecule has 5 heterocycles. The third-order valence-corrected chi connectivity index (χ3v) is 12.5. The van der Waals surface area contributed by atoms with Gasteiger partial charge in [-0.05, 0) is 130 Å². The van der Waals surface area contributed by atoms with Gasteiger partial charge in [0.05, 0.1) is 11.2 Å². The van der Waals surface area contributed by atoms with Crippen LogP contribution in [0.15, 0.2) is 208 Å². The van der Waals surface area contributed by atoms with E-state index < -0.39 is 16.6 Å². The lowest BCUT2D eigenvalue weighted by Crippen LogP contribution is -1.86. The summed E-state index contributed by atoms with van der Waals surface area (Å²) >= 11 is 6.53. The topological polar surface area (TPSA) is 56.3 Å². The zero-order chi connectivity index (χ0) is 54.4. The molecule has 0 N–H and O–H groups in total. The molecule has 0 atom stereocenters. The fraction of sp³-hybridized carbons (Fsp3) is 0.194. The Morgan fingerprint density at radius 1 is 0.384 bits per heavy atom. The van der Waals surface area contributed by atoms with Crippen LogP contribution in [0.1, 0.15) is 80.4 Å². The molecule has 0 fully saturated rings. The van der Waals surface area contributed by atoms with E-state index in [4.69, 9.17) is 4.42 Å². The number of nitrogens with zero attached hydrogens (tertiary/aromatic N) is 1. The van der Waals surface area contributed by atoms with E-state index in [9.17, 15) is 23.3 Å². The van der Waals surface area contributed by atoms with Crippen LogP contribution in [0, 0.1) is 41.4 Å². The lowest BCUT2D eigenvalue weighted by molar-refractivity contribution is -0.384. The Balaban J connectivity index is 0.000000437. The maximum absolute atomic E-state index is 12.8. The van der Waals surface area contributed by atoms with Gasteiger partial charge in [0.2, 0.25) is 0 Å². The van der Waals surface area contributed by atoms with E-state index >= 15 is 0 Å². The van der Waals surface area contributed by atoms with E-state index in [-0.39, 0.29) is 11.5 Å². The predicted molar refractivity (Wildman–Crippen MR) is 316 cm³/mol. The summed E-state index contributed by atoms with van der Waals surface area (Å²) in [5.74, 6) is -0.340. The van der Waals surface area contributed by atoms with Gasteiger partial charge in [-0.1, -0.05) is 165 Å². The zero-order valence-electron chi connectivity index (χ0n) is 44.1. The molecule has 0 aliphatic carbocycles. The van der Waals surface area contributed by atoms with Crippen LogP contribution in [0.5, 0.6) is 0 Å². The molecule has 0 spiro atoms. The minimum atomic E-state index is -0.539. The Kier molecular flexibility index (Phi) is 34.4. The number of hydrogen-bond acceptors (Lipinski definition) is 7. The van der Waals surface area contributed by atoms with E-state index in [0.29, 0.717) is 5.56 Å². The van der Waals surface area contributed by atoms with E-state index in [1.807, 2.05) is 164 Å². The zero-order valence-corrected chi connectivity index (χ0v) is 47.3. The normalized spacial score (nSPS) is 9.14. The van der Waals surface area contributed by atoms with Crippen LogP contribution in [-0.4, -0.2) is 4.92 Å². The number of non-ortho nitro benzene ring substituents is 1. The van der Waals surface area contributed by atoms with E-state index in [0.717, 1.165) is 38.3 Å². The Bertz CT molecular complexity index is 2710. The lowest BCUT2D eigenvalue weighted by Gasteiger charge is -2.01. The van der Waals surface area contributed by atoms with Gasteiger partial charge in [-0.15, -0.1) is 45.3 Å². The van der Waals surface area contributed by atoms with Crippen molar-refractivity contribution in [1.29, 1.82) is 0 Å². The molecule has 0 amide bonds. The van der Waals surface area contributed by atoms with Crippen LogP contribution in [0.2, 0.25) is 0 Å². The van der Waals surface area contributed by atoms with Gasteiger partial charge in [-0.2, -0.15) is 0 Å². The highest BCUT2D eigenvalue weighted by Crippen LogP contribution is 2.29. The summed E-state index contributed by atoms with van der Waals surface area (Å²) in [7, 11) is 0. The van der Waals surface area contributed by atoms with Crippen molar-refractivity contribution in [2.24, 2.45) is 0 Å². The largest absolute Gasteiger partial charge is 0.464 e. The lowest BCUT2D eigenvalue weighted by atomic mass is 10.1. The number of thiophene rings is 4.